The number of methoxy groups -OCH3 is 1. The largest absolute Gasteiger partial charge is 0.493 e. The van der Waals surface area contributed by atoms with Gasteiger partial charge in [0.05, 0.1) is 10.7 Å². The van der Waals surface area contributed by atoms with Gasteiger partial charge in [0.25, 0.3) is 5.91 Å². The summed E-state index contributed by atoms with van der Waals surface area (Å²) in [5, 5.41) is 20.8. The topological polar surface area (TPSA) is 109 Å². The maximum Gasteiger partial charge on any atom is 0.341 e. The Labute approximate surface area is 183 Å². The molecule has 0 saturated heterocycles. The van der Waals surface area contributed by atoms with Gasteiger partial charge in [-0.15, -0.1) is 0 Å². The molecule has 144 valence electrons. The number of nitriles is 1. The summed E-state index contributed by atoms with van der Waals surface area (Å²) < 4.78 is 11.9. The Hall–Kier alpha value is -2.58. The van der Waals surface area contributed by atoms with Crippen molar-refractivity contribution in [2.45, 2.75) is 0 Å². The van der Waals surface area contributed by atoms with Gasteiger partial charge in [-0.25, -0.2) is 4.79 Å². The first kappa shape index (κ1) is 21.7. The van der Waals surface area contributed by atoms with E-state index < -0.39 is 18.5 Å². The highest BCUT2D eigenvalue weighted by molar-refractivity contribution is 14.1. The fourth-order valence-corrected chi connectivity index (χ4v) is 3.19. The summed E-state index contributed by atoms with van der Waals surface area (Å²) in [5.74, 6) is -1.09. The summed E-state index contributed by atoms with van der Waals surface area (Å²) in [7, 11) is 1.41. The van der Waals surface area contributed by atoms with Crippen molar-refractivity contribution in [1.82, 2.24) is 0 Å². The Morgan fingerprint density at radius 2 is 2.00 bits per heavy atom. The summed E-state index contributed by atoms with van der Waals surface area (Å²) in [5.41, 5.74) is 0.991. The van der Waals surface area contributed by atoms with E-state index in [1.54, 1.807) is 36.4 Å². The van der Waals surface area contributed by atoms with E-state index in [2.05, 4.69) is 21.2 Å². The van der Waals surface area contributed by atoms with Gasteiger partial charge in [0, 0.05) is 10.2 Å². The zero-order valence-electron chi connectivity index (χ0n) is 14.5. The molecule has 0 fully saturated rings. The predicted molar refractivity (Wildman–Crippen MR) is 115 cm³/mol. The third-order valence-electron chi connectivity index (χ3n) is 3.37. The summed E-state index contributed by atoms with van der Waals surface area (Å²) in [6, 6.07) is 12.1. The van der Waals surface area contributed by atoms with Crippen LogP contribution in [-0.2, 0) is 9.59 Å². The van der Waals surface area contributed by atoms with Crippen LogP contribution in [0.4, 0.5) is 5.69 Å². The number of carbonyl (C=O) groups excluding carboxylic acids is 1. The second-order valence-corrected chi connectivity index (χ2v) is 7.43. The van der Waals surface area contributed by atoms with E-state index in [4.69, 9.17) is 14.6 Å². The van der Waals surface area contributed by atoms with Gasteiger partial charge in [0.1, 0.15) is 11.6 Å². The lowest BCUT2D eigenvalue weighted by molar-refractivity contribution is -0.139. The van der Waals surface area contributed by atoms with Crippen LogP contribution in [0.1, 0.15) is 5.56 Å². The monoisotopic (exact) mass is 556 g/mol. The minimum Gasteiger partial charge on any atom is -0.493 e. The number of anilines is 1. The van der Waals surface area contributed by atoms with Crippen LogP contribution in [0, 0.1) is 14.9 Å². The van der Waals surface area contributed by atoms with Crippen LogP contribution in [-0.4, -0.2) is 30.7 Å². The number of nitrogens with one attached hydrogen (secondary N) is 1. The maximum atomic E-state index is 12.4. The minimum atomic E-state index is -1.11. The molecule has 0 spiro atoms. The van der Waals surface area contributed by atoms with Crippen LogP contribution in [0.15, 0.2) is 46.4 Å². The average molecular weight is 557 g/mol. The van der Waals surface area contributed by atoms with E-state index in [-0.39, 0.29) is 11.3 Å². The molecule has 0 aliphatic heterocycles. The number of amides is 1. The Balaban J connectivity index is 2.28. The van der Waals surface area contributed by atoms with Crippen LogP contribution < -0.4 is 14.8 Å². The number of hydrogen-bond donors (Lipinski definition) is 2. The van der Waals surface area contributed by atoms with Gasteiger partial charge in [0.2, 0.25) is 0 Å². The molecule has 0 heterocycles. The van der Waals surface area contributed by atoms with Gasteiger partial charge < -0.3 is 19.9 Å². The lowest BCUT2D eigenvalue weighted by Gasteiger charge is -2.12. The number of nitrogens with zero attached hydrogens (tertiary/aromatic N) is 1. The molecule has 2 N–H and O–H groups in total. The third kappa shape index (κ3) is 5.97. The first-order valence-corrected chi connectivity index (χ1v) is 9.62. The van der Waals surface area contributed by atoms with Crippen LogP contribution in [0.5, 0.6) is 11.5 Å². The van der Waals surface area contributed by atoms with Crippen LogP contribution in [0.2, 0.25) is 0 Å². The van der Waals surface area contributed by atoms with Crippen molar-refractivity contribution < 1.29 is 24.2 Å². The zero-order chi connectivity index (χ0) is 20.7. The van der Waals surface area contributed by atoms with Crippen molar-refractivity contribution in [3.8, 4) is 17.6 Å². The second-order valence-electron chi connectivity index (χ2n) is 5.35. The smallest absolute Gasteiger partial charge is 0.341 e. The molecule has 0 radical (unpaired) electrons. The number of aliphatic carboxylic acids is 1. The fraction of sp³-hybridized carbons (Fsp3) is 0.105. The first-order chi connectivity index (χ1) is 13.3. The highest BCUT2D eigenvalue weighted by Crippen LogP contribution is 2.34. The van der Waals surface area contributed by atoms with E-state index in [0.717, 1.165) is 4.47 Å². The molecule has 28 heavy (non-hydrogen) atoms. The molecule has 0 atom stereocenters. The van der Waals surface area contributed by atoms with Gasteiger partial charge in [-0.2, -0.15) is 5.26 Å². The molecule has 0 aliphatic carbocycles. The van der Waals surface area contributed by atoms with E-state index in [1.807, 2.05) is 28.7 Å². The molecule has 2 aromatic carbocycles. The maximum absolute atomic E-state index is 12.4. The number of carbonyl (C=O) groups is 2. The summed E-state index contributed by atoms with van der Waals surface area (Å²) in [4.78, 5) is 23.1. The average Bonchev–Trinajstić information content (AvgIpc) is 2.66. The summed E-state index contributed by atoms with van der Waals surface area (Å²) in [6.45, 7) is -0.513. The van der Waals surface area contributed by atoms with E-state index in [0.29, 0.717) is 20.6 Å². The molecule has 9 heteroatoms. The zero-order valence-corrected chi connectivity index (χ0v) is 18.3. The van der Waals surface area contributed by atoms with Crippen molar-refractivity contribution in [3.63, 3.8) is 0 Å². The second kappa shape index (κ2) is 10.1. The van der Waals surface area contributed by atoms with Gasteiger partial charge in [-0.3, -0.25) is 4.79 Å². The van der Waals surface area contributed by atoms with E-state index >= 15 is 0 Å². The van der Waals surface area contributed by atoms with Gasteiger partial charge in [-0.1, -0.05) is 15.9 Å². The molecule has 0 bridgehead atoms. The molecule has 0 saturated carbocycles. The third-order valence-corrected chi connectivity index (χ3v) is 4.70. The van der Waals surface area contributed by atoms with E-state index in [1.165, 1.54) is 13.2 Å². The summed E-state index contributed by atoms with van der Waals surface area (Å²) >= 11 is 5.28. The summed E-state index contributed by atoms with van der Waals surface area (Å²) in [6.07, 6.45) is 1.42. The highest BCUT2D eigenvalue weighted by atomic mass is 127. The lowest BCUT2D eigenvalue weighted by atomic mass is 10.1. The number of benzene rings is 2. The van der Waals surface area contributed by atoms with Gasteiger partial charge >= 0.3 is 5.97 Å². The normalized spacial score (nSPS) is 10.7. The Morgan fingerprint density at radius 3 is 2.57 bits per heavy atom. The Morgan fingerprint density at radius 1 is 1.32 bits per heavy atom. The van der Waals surface area contributed by atoms with Crippen molar-refractivity contribution in [2.24, 2.45) is 0 Å². The molecule has 7 nitrogen and oxygen atoms in total. The molecular weight excluding hydrogens is 543 g/mol. The number of carboxylic acids is 1. The van der Waals surface area contributed by atoms with Crippen molar-refractivity contribution in [2.75, 3.05) is 19.0 Å². The van der Waals surface area contributed by atoms with Crippen LogP contribution >= 0.6 is 38.5 Å². The number of halogens is 2. The fourth-order valence-electron chi connectivity index (χ4n) is 2.14. The van der Waals surface area contributed by atoms with Gasteiger partial charge in [-0.05, 0) is 70.6 Å². The predicted octanol–water partition coefficient (Wildman–Crippen LogP) is 4.07. The van der Waals surface area contributed by atoms with Crippen molar-refractivity contribution in [3.05, 3.63) is 55.6 Å². The quantitative estimate of drug-likeness (QED) is 0.302. The number of hydrogen-bond acceptors (Lipinski definition) is 5. The first-order valence-electron chi connectivity index (χ1n) is 7.75. The Bertz CT molecular complexity index is 968. The molecule has 1 amide bonds. The van der Waals surface area contributed by atoms with Crippen LogP contribution in [0.25, 0.3) is 6.08 Å². The molecule has 2 rings (SSSR count). The van der Waals surface area contributed by atoms with E-state index in [9.17, 15) is 14.9 Å². The lowest BCUT2D eigenvalue weighted by Crippen LogP contribution is -2.13. The SMILES string of the molecule is COc1cc(/C=C(/C#N)C(=O)Nc2ccc(Br)cc2)cc(I)c1OCC(=O)O. The standard InChI is InChI=1S/C19H14BrIN2O5/c1-27-16-8-11(7-15(21)18(16)28-10-17(24)25)6-12(9-22)19(26)23-14-4-2-13(20)3-5-14/h2-8H,10H2,1H3,(H,23,26)(H,24,25)/b12-6-. The molecule has 0 aliphatic rings. The molecule has 2 aromatic rings. The number of rotatable bonds is 7. The number of carboxylic acid groups (broad SMARTS) is 1. The Kier molecular flexibility index (Phi) is 7.83. The van der Waals surface area contributed by atoms with Crippen molar-refractivity contribution in [1.29, 1.82) is 5.26 Å². The van der Waals surface area contributed by atoms with Gasteiger partial charge in [0.15, 0.2) is 18.1 Å². The minimum absolute atomic E-state index is 0.0972. The molecular formula is C19H14BrIN2O5. The molecule has 0 aromatic heterocycles. The van der Waals surface area contributed by atoms with Crippen molar-refractivity contribution >= 4 is 62.2 Å². The molecule has 0 unspecified atom stereocenters. The highest BCUT2D eigenvalue weighted by Gasteiger charge is 2.15. The van der Waals surface area contributed by atoms with Crippen LogP contribution in [0.3, 0.4) is 0 Å². The number of ether oxygens (including phenoxy) is 2.